The highest BCUT2D eigenvalue weighted by atomic mass is 16.5. The SMILES string of the molecule is Cc1cc(C)c(OCCNC(=O)Nc2ccc(N3CCN(C)CC3)cc2)c(C)c1. The van der Waals surface area contributed by atoms with Crippen molar-refractivity contribution in [1.29, 1.82) is 0 Å². The molecule has 1 saturated heterocycles. The van der Waals surface area contributed by atoms with E-state index < -0.39 is 0 Å². The smallest absolute Gasteiger partial charge is 0.319 e. The van der Waals surface area contributed by atoms with E-state index in [1.807, 2.05) is 26.0 Å². The van der Waals surface area contributed by atoms with E-state index in [-0.39, 0.29) is 6.03 Å². The summed E-state index contributed by atoms with van der Waals surface area (Å²) in [6.07, 6.45) is 0. The Morgan fingerprint density at radius 2 is 1.62 bits per heavy atom. The molecule has 0 bridgehead atoms. The van der Waals surface area contributed by atoms with Crippen molar-refractivity contribution in [2.75, 3.05) is 56.6 Å². The third kappa shape index (κ3) is 5.87. The van der Waals surface area contributed by atoms with Gasteiger partial charge in [0, 0.05) is 37.6 Å². The van der Waals surface area contributed by atoms with E-state index in [0.717, 1.165) is 48.7 Å². The van der Waals surface area contributed by atoms with Gasteiger partial charge in [0.15, 0.2) is 0 Å². The number of piperazine rings is 1. The molecule has 1 heterocycles. The van der Waals surface area contributed by atoms with Crippen LogP contribution in [-0.2, 0) is 0 Å². The third-order valence-corrected chi connectivity index (χ3v) is 5.23. The van der Waals surface area contributed by atoms with Crippen molar-refractivity contribution in [3.63, 3.8) is 0 Å². The van der Waals surface area contributed by atoms with Crippen LogP contribution in [0.3, 0.4) is 0 Å². The zero-order valence-electron chi connectivity index (χ0n) is 17.9. The molecule has 2 aromatic carbocycles. The molecule has 1 aliphatic heterocycles. The average molecular weight is 397 g/mol. The van der Waals surface area contributed by atoms with Crippen LogP contribution in [0.15, 0.2) is 36.4 Å². The molecule has 2 N–H and O–H groups in total. The number of carbonyl (C=O) groups is 1. The van der Waals surface area contributed by atoms with E-state index in [9.17, 15) is 4.79 Å². The van der Waals surface area contributed by atoms with Gasteiger partial charge in [0.25, 0.3) is 0 Å². The molecule has 0 spiro atoms. The highest BCUT2D eigenvalue weighted by Gasteiger charge is 2.14. The third-order valence-electron chi connectivity index (χ3n) is 5.23. The number of urea groups is 1. The van der Waals surface area contributed by atoms with Gasteiger partial charge in [-0.25, -0.2) is 4.79 Å². The minimum absolute atomic E-state index is 0.224. The number of hydrogen-bond donors (Lipinski definition) is 2. The Balaban J connectivity index is 1.42. The van der Waals surface area contributed by atoms with Gasteiger partial charge in [-0.2, -0.15) is 0 Å². The lowest BCUT2D eigenvalue weighted by Gasteiger charge is -2.34. The average Bonchev–Trinajstić information content (AvgIpc) is 2.68. The first-order chi connectivity index (χ1) is 13.9. The minimum atomic E-state index is -0.224. The zero-order chi connectivity index (χ0) is 20.8. The second-order valence-corrected chi connectivity index (χ2v) is 7.79. The van der Waals surface area contributed by atoms with Crippen LogP contribution in [0.5, 0.6) is 5.75 Å². The first kappa shape index (κ1) is 21.0. The molecule has 1 fully saturated rings. The number of amides is 2. The van der Waals surface area contributed by atoms with E-state index in [4.69, 9.17) is 4.74 Å². The van der Waals surface area contributed by atoms with Crippen LogP contribution in [0, 0.1) is 20.8 Å². The molecule has 0 aromatic heterocycles. The standard InChI is InChI=1S/C23H32N4O2/c1-17-15-18(2)22(19(3)16-17)29-14-9-24-23(28)25-20-5-7-21(8-6-20)27-12-10-26(4)11-13-27/h5-8,15-16H,9-14H2,1-4H3,(H2,24,25,28). The maximum absolute atomic E-state index is 12.1. The molecular formula is C23H32N4O2. The lowest BCUT2D eigenvalue weighted by molar-refractivity contribution is 0.247. The van der Waals surface area contributed by atoms with Crippen LogP contribution >= 0.6 is 0 Å². The van der Waals surface area contributed by atoms with Crippen LogP contribution < -0.4 is 20.3 Å². The highest BCUT2D eigenvalue weighted by molar-refractivity contribution is 5.89. The maximum atomic E-state index is 12.1. The largest absolute Gasteiger partial charge is 0.491 e. The van der Waals surface area contributed by atoms with Crippen molar-refractivity contribution in [2.45, 2.75) is 20.8 Å². The number of nitrogens with one attached hydrogen (secondary N) is 2. The summed E-state index contributed by atoms with van der Waals surface area (Å²) >= 11 is 0. The predicted molar refractivity (Wildman–Crippen MR) is 119 cm³/mol. The summed E-state index contributed by atoms with van der Waals surface area (Å²) in [6.45, 7) is 11.2. The molecule has 29 heavy (non-hydrogen) atoms. The summed E-state index contributed by atoms with van der Waals surface area (Å²) in [7, 11) is 2.15. The van der Waals surface area contributed by atoms with Crippen LogP contribution in [0.25, 0.3) is 0 Å². The fourth-order valence-corrected chi connectivity index (χ4v) is 3.71. The number of benzene rings is 2. The molecule has 6 nitrogen and oxygen atoms in total. The fraction of sp³-hybridized carbons (Fsp3) is 0.435. The molecular weight excluding hydrogens is 364 g/mol. The molecule has 0 saturated carbocycles. The van der Waals surface area contributed by atoms with Crippen molar-refractivity contribution in [1.82, 2.24) is 10.2 Å². The Morgan fingerprint density at radius 3 is 2.24 bits per heavy atom. The van der Waals surface area contributed by atoms with Crippen molar-refractivity contribution < 1.29 is 9.53 Å². The lowest BCUT2D eigenvalue weighted by Crippen LogP contribution is -2.44. The van der Waals surface area contributed by atoms with Crippen molar-refractivity contribution >= 4 is 17.4 Å². The van der Waals surface area contributed by atoms with Gasteiger partial charge in [-0.15, -0.1) is 0 Å². The van der Waals surface area contributed by atoms with Crippen molar-refractivity contribution in [2.24, 2.45) is 0 Å². The second kappa shape index (κ2) is 9.65. The van der Waals surface area contributed by atoms with Crippen LogP contribution in [0.2, 0.25) is 0 Å². The van der Waals surface area contributed by atoms with Crippen LogP contribution in [-0.4, -0.2) is 57.3 Å². The van der Waals surface area contributed by atoms with E-state index >= 15 is 0 Å². The molecule has 156 valence electrons. The predicted octanol–water partition coefficient (Wildman–Crippen LogP) is 3.56. The van der Waals surface area contributed by atoms with Gasteiger partial charge in [-0.05, 0) is 63.2 Å². The van der Waals surface area contributed by atoms with Gasteiger partial charge in [0.1, 0.15) is 12.4 Å². The van der Waals surface area contributed by atoms with Gasteiger partial charge in [0.2, 0.25) is 0 Å². The number of nitrogens with zero attached hydrogens (tertiary/aromatic N) is 2. The molecule has 2 aromatic rings. The topological polar surface area (TPSA) is 56.8 Å². The monoisotopic (exact) mass is 396 g/mol. The Labute approximate surface area is 173 Å². The van der Waals surface area contributed by atoms with E-state index in [1.54, 1.807) is 0 Å². The lowest BCUT2D eigenvalue weighted by atomic mass is 10.1. The van der Waals surface area contributed by atoms with Gasteiger partial charge in [-0.1, -0.05) is 17.7 Å². The number of carbonyl (C=O) groups excluding carboxylic acids is 1. The Kier molecular flexibility index (Phi) is 6.99. The number of ether oxygens (including phenoxy) is 1. The Hall–Kier alpha value is -2.73. The zero-order valence-corrected chi connectivity index (χ0v) is 17.9. The van der Waals surface area contributed by atoms with Crippen LogP contribution in [0.1, 0.15) is 16.7 Å². The number of likely N-dealkylation sites (N-methyl/N-ethyl adjacent to an activating group) is 1. The molecule has 2 amide bonds. The fourth-order valence-electron chi connectivity index (χ4n) is 3.71. The number of anilines is 2. The Bertz CT molecular complexity index is 804. The van der Waals surface area contributed by atoms with Crippen molar-refractivity contribution in [3.8, 4) is 5.75 Å². The number of rotatable bonds is 6. The van der Waals surface area contributed by atoms with Crippen molar-refractivity contribution in [3.05, 3.63) is 53.1 Å². The van der Waals surface area contributed by atoms with Gasteiger partial charge >= 0.3 is 6.03 Å². The van der Waals surface area contributed by atoms with E-state index in [1.165, 1.54) is 11.3 Å². The second-order valence-electron chi connectivity index (χ2n) is 7.79. The summed E-state index contributed by atoms with van der Waals surface area (Å²) in [5.41, 5.74) is 5.44. The first-order valence-electron chi connectivity index (χ1n) is 10.2. The molecule has 0 radical (unpaired) electrons. The van der Waals surface area contributed by atoms with Gasteiger partial charge in [-0.3, -0.25) is 0 Å². The normalized spacial score (nSPS) is 14.6. The first-order valence-corrected chi connectivity index (χ1v) is 10.2. The van der Waals surface area contributed by atoms with Crippen LogP contribution in [0.4, 0.5) is 16.2 Å². The molecule has 1 aliphatic rings. The summed E-state index contributed by atoms with van der Waals surface area (Å²) in [6, 6.07) is 12.0. The van der Waals surface area contributed by atoms with Gasteiger partial charge in [0.05, 0.1) is 6.54 Å². The number of aryl methyl sites for hydroxylation is 3. The molecule has 0 aliphatic carbocycles. The Morgan fingerprint density at radius 1 is 1.00 bits per heavy atom. The quantitative estimate of drug-likeness (QED) is 0.733. The van der Waals surface area contributed by atoms with E-state index in [2.05, 4.69) is 58.7 Å². The van der Waals surface area contributed by atoms with Gasteiger partial charge < -0.3 is 25.2 Å². The molecule has 3 rings (SSSR count). The van der Waals surface area contributed by atoms with E-state index in [0.29, 0.717) is 13.2 Å². The molecule has 0 unspecified atom stereocenters. The molecule has 6 heteroatoms. The summed E-state index contributed by atoms with van der Waals surface area (Å²) < 4.78 is 5.86. The minimum Gasteiger partial charge on any atom is -0.491 e. The number of hydrogen-bond acceptors (Lipinski definition) is 4. The summed E-state index contributed by atoms with van der Waals surface area (Å²) in [4.78, 5) is 16.8. The maximum Gasteiger partial charge on any atom is 0.319 e. The summed E-state index contributed by atoms with van der Waals surface area (Å²) in [5, 5.41) is 5.72. The highest BCUT2D eigenvalue weighted by Crippen LogP contribution is 2.24. The molecule has 0 atom stereocenters. The summed E-state index contributed by atoms with van der Waals surface area (Å²) in [5.74, 6) is 0.900.